The minimum absolute atomic E-state index is 0.187. The zero-order valence-corrected chi connectivity index (χ0v) is 11.9. The van der Waals surface area contributed by atoms with E-state index in [0.717, 1.165) is 5.01 Å². The number of amides is 3. The van der Waals surface area contributed by atoms with Crippen LogP contribution in [0.1, 0.15) is 15.5 Å². The van der Waals surface area contributed by atoms with Crippen LogP contribution in [0, 0.1) is 0 Å². The van der Waals surface area contributed by atoms with Crippen molar-refractivity contribution in [2.45, 2.75) is 6.42 Å². The maximum atomic E-state index is 11.7. The molecular weight excluding hydrogens is 266 g/mol. The second kappa shape index (κ2) is 7.70. The molecule has 0 saturated heterocycles. The number of nitrogens with zero attached hydrogens (tertiary/aromatic N) is 2. The second-order valence-corrected chi connectivity index (χ2v) is 4.99. The third-order valence-corrected chi connectivity index (χ3v) is 3.14. The van der Waals surface area contributed by atoms with Crippen LogP contribution in [0.2, 0.25) is 0 Å². The van der Waals surface area contributed by atoms with E-state index in [1.807, 2.05) is 0 Å². The average molecular weight is 285 g/mol. The Balaban J connectivity index is 2.29. The Labute approximate surface area is 116 Å². The van der Waals surface area contributed by atoms with Crippen molar-refractivity contribution in [3.05, 3.63) is 16.1 Å². The number of aromatic nitrogens is 1. The Hall–Kier alpha value is -1.67. The summed E-state index contributed by atoms with van der Waals surface area (Å²) in [5.41, 5.74) is 5.81. The molecule has 0 fully saturated rings. The lowest BCUT2D eigenvalue weighted by Crippen LogP contribution is -2.39. The maximum Gasteiger partial charge on any atom is 0.316 e. The smallest absolute Gasteiger partial charge is 0.316 e. The number of nitrogens with two attached hydrogens (primary N) is 1. The van der Waals surface area contributed by atoms with Gasteiger partial charge in [-0.3, -0.25) is 4.79 Å². The van der Waals surface area contributed by atoms with E-state index in [1.165, 1.54) is 16.2 Å². The highest BCUT2D eigenvalue weighted by atomic mass is 32.1. The molecule has 0 radical (unpaired) electrons. The lowest BCUT2D eigenvalue weighted by molar-refractivity contribution is 0.0949. The Kier molecular flexibility index (Phi) is 6.23. The third kappa shape index (κ3) is 5.23. The van der Waals surface area contributed by atoms with Crippen LogP contribution in [0.3, 0.4) is 0 Å². The van der Waals surface area contributed by atoms with Gasteiger partial charge in [0.1, 0.15) is 5.69 Å². The van der Waals surface area contributed by atoms with E-state index in [4.69, 9.17) is 5.73 Å². The Morgan fingerprint density at radius 3 is 2.68 bits per heavy atom. The summed E-state index contributed by atoms with van der Waals surface area (Å²) in [6.45, 7) is 1.26. The molecule has 4 N–H and O–H groups in total. The van der Waals surface area contributed by atoms with Gasteiger partial charge in [0.05, 0.1) is 5.01 Å². The number of nitrogens with one attached hydrogen (secondary N) is 2. The summed E-state index contributed by atoms with van der Waals surface area (Å²) in [5.74, 6) is -0.237. The molecule has 0 atom stereocenters. The number of carbonyl (C=O) groups is 2. The van der Waals surface area contributed by atoms with Crippen LogP contribution < -0.4 is 16.4 Å². The van der Waals surface area contributed by atoms with Crippen LogP contribution in [0.4, 0.5) is 4.79 Å². The van der Waals surface area contributed by atoms with Crippen molar-refractivity contribution in [1.29, 1.82) is 0 Å². The number of urea groups is 1. The van der Waals surface area contributed by atoms with Crippen molar-refractivity contribution in [2.75, 3.05) is 33.7 Å². The molecule has 106 valence electrons. The average Bonchev–Trinajstić information content (AvgIpc) is 2.83. The van der Waals surface area contributed by atoms with Gasteiger partial charge in [0.15, 0.2) is 0 Å². The standard InChI is InChI=1S/C11H19N5O2S/c1-16(2)11(18)14-6-5-13-10(17)8-7-19-9(15-8)3-4-12/h7H,3-6,12H2,1-2H3,(H,13,17)(H,14,18). The summed E-state index contributed by atoms with van der Waals surface area (Å²) in [4.78, 5) is 28.5. The molecule has 0 aromatic carbocycles. The molecule has 0 aliphatic rings. The van der Waals surface area contributed by atoms with E-state index in [0.29, 0.717) is 31.7 Å². The maximum absolute atomic E-state index is 11.7. The predicted octanol–water partition coefficient (Wildman–Crippen LogP) is -0.355. The molecule has 1 heterocycles. The first-order valence-electron chi connectivity index (χ1n) is 5.92. The molecular formula is C11H19N5O2S. The second-order valence-electron chi connectivity index (χ2n) is 4.05. The van der Waals surface area contributed by atoms with Crippen LogP contribution in [0.15, 0.2) is 5.38 Å². The van der Waals surface area contributed by atoms with Gasteiger partial charge in [-0.05, 0) is 6.54 Å². The highest BCUT2D eigenvalue weighted by Gasteiger charge is 2.10. The monoisotopic (exact) mass is 285 g/mol. The van der Waals surface area contributed by atoms with E-state index in [-0.39, 0.29) is 11.9 Å². The highest BCUT2D eigenvalue weighted by Crippen LogP contribution is 2.09. The fourth-order valence-electron chi connectivity index (χ4n) is 1.25. The minimum Gasteiger partial charge on any atom is -0.349 e. The number of thiazole rings is 1. The molecule has 1 rings (SSSR count). The van der Waals surface area contributed by atoms with Gasteiger partial charge in [0, 0.05) is 39.0 Å². The van der Waals surface area contributed by atoms with Gasteiger partial charge in [0.2, 0.25) is 0 Å². The third-order valence-electron chi connectivity index (χ3n) is 2.24. The molecule has 3 amide bonds. The first-order valence-corrected chi connectivity index (χ1v) is 6.80. The molecule has 0 aliphatic carbocycles. The van der Waals surface area contributed by atoms with Crippen molar-refractivity contribution in [3.63, 3.8) is 0 Å². The number of hydrogen-bond acceptors (Lipinski definition) is 5. The fourth-order valence-corrected chi connectivity index (χ4v) is 2.04. The Morgan fingerprint density at radius 2 is 2.05 bits per heavy atom. The normalized spacial score (nSPS) is 10.1. The quantitative estimate of drug-likeness (QED) is 0.622. The molecule has 0 spiro atoms. The first-order chi connectivity index (χ1) is 9.04. The number of hydrogen-bond donors (Lipinski definition) is 3. The summed E-state index contributed by atoms with van der Waals surface area (Å²) in [7, 11) is 3.31. The number of carbonyl (C=O) groups excluding carboxylic acids is 2. The van der Waals surface area contributed by atoms with Crippen molar-refractivity contribution in [3.8, 4) is 0 Å². The summed E-state index contributed by atoms with van der Waals surface area (Å²) >= 11 is 1.42. The molecule has 7 nitrogen and oxygen atoms in total. The zero-order valence-electron chi connectivity index (χ0n) is 11.1. The van der Waals surface area contributed by atoms with Gasteiger partial charge < -0.3 is 21.3 Å². The fraction of sp³-hybridized carbons (Fsp3) is 0.545. The molecule has 1 aromatic heterocycles. The van der Waals surface area contributed by atoms with E-state index in [2.05, 4.69) is 15.6 Å². The molecule has 0 bridgehead atoms. The predicted molar refractivity (Wildman–Crippen MR) is 74.3 cm³/mol. The Bertz CT molecular complexity index is 432. The summed E-state index contributed by atoms with van der Waals surface area (Å²) in [6, 6.07) is -0.187. The van der Waals surface area contributed by atoms with Crippen LogP contribution >= 0.6 is 11.3 Å². The highest BCUT2D eigenvalue weighted by molar-refractivity contribution is 7.09. The van der Waals surface area contributed by atoms with Gasteiger partial charge in [-0.2, -0.15) is 0 Å². The van der Waals surface area contributed by atoms with E-state index >= 15 is 0 Å². The van der Waals surface area contributed by atoms with Crippen LogP contribution in [-0.2, 0) is 6.42 Å². The first kappa shape index (κ1) is 15.4. The van der Waals surface area contributed by atoms with Crippen LogP contribution in [0.25, 0.3) is 0 Å². The van der Waals surface area contributed by atoms with E-state index in [9.17, 15) is 9.59 Å². The molecule has 0 saturated carbocycles. The summed E-state index contributed by atoms with van der Waals surface area (Å²) < 4.78 is 0. The van der Waals surface area contributed by atoms with Gasteiger partial charge in [-0.1, -0.05) is 0 Å². The zero-order chi connectivity index (χ0) is 14.3. The molecule has 1 aromatic rings. The summed E-state index contributed by atoms with van der Waals surface area (Å²) in [6.07, 6.45) is 0.677. The molecule has 19 heavy (non-hydrogen) atoms. The van der Waals surface area contributed by atoms with E-state index < -0.39 is 0 Å². The van der Waals surface area contributed by atoms with E-state index in [1.54, 1.807) is 19.5 Å². The lowest BCUT2D eigenvalue weighted by atomic mass is 10.4. The van der Waals surface area contributed by atoms with Gasteiger partial charge in [0.25, 0.3) is 5.91 Å². The van der Waals surface area contributed by atoms with Gasteiger partial charge in [-0.25, -0.2) is 9.78 Å². The number of rotatable bonds is 6. The van der Waals surface area contributed by atoms with Crippen molar-refractivity contribution in [2.24, 2.45) is 5.73 Å². The van der Waals surface area contributed by atoms with Crippen LogP contribution in [0.5, 0.6) is 0 Å². The Morgan fingerprint density at radius 1 is 1.37 bits per heavy atom. The SMILES string of the molecule is CN(C)C(=O)NCCNC(=O)c1csc(CCN)n1. The van der Waals surface area contributed by atoms with Gasteiger partial charge >= 0.3 is 6.03 Å². The molecule has 0 aliphatic heterocycles. The molecule has 8 heteroatoms. The minimum atomic E-state index is -0.237. The largest absolute Gasteiger partial charge is 0.349 e. The molecule has 0 unspecified atom stereocenters. The van der Waals surface area contributed by atoms with Crippen molar-refractivity contribution < 1.29 is 9.59 Å². The summed E-state index contributed by atoms with van der Waals surface area (Å²) in [5, 5.41) is 7.90. The van der Waals surface area contributed by atoms with Gasteiger partial charge in [-0.15, -0.1) is 11.3 Å². The van der Waals surface area contributed by atoms with Crippen molar-refractivity contribution in [1.82, 2.24) is 20.5 Å². The lowest BCUT2D eigenvalue weighted by Gasteiger charge is -2.11. The topological polar surface area (TPSA) is 100 Å². The van der Waals surface area contributed by atoms with Crippen LogP contribution in [-0.4, -0.2) is 55.6 Å². The van der Waals surface area contributed by atoms with Crippen molar-refractivity contribution >= 4 is 23.3 Å².